The average Bonchev–Trinajstić information content (AvgIpc) is 2.62. The molecule has 0 aliphatic heterocycles. The first-order chi connectivity index (χ1) is 7.14. The zero-order valence-electron chi connectivity index (χ0n) is 9.85. The predicted octanol–water partition coefficient (Wildman–Crippen LogP) is 5.04. The lowest BCUT2D eigenvalue weighted by Gasteiger charge is -2.27. The van der Waals surface area contributed by atoms with Crippen molar-refractivity contribution in [2.45, 2.75) is 58.3 Å². The Morgan fingerprint density at radius 2 is 2.07 bits per heavy atom. The van der Waals surface area contributed by atoms with Crippen LogP contribution in [-0.2, 0) is 5.41 Å². The smallest absolute Gasteiger partial charge is 0.0787 e. The number of unbranched alkanes of at least 4 members (excludes halogenated alkanes) is 1. The number of rotatable bonds is 6. The molecule has 1 aromatic rings. The average molecular weight is 246 g/mol. The van der Waals surface area contributed by atoms with Gasteiger partial charge in [0.15, 0.2) is 0 Å². The summed E-state index contributed by atoms with van der Waals surface area (Å²) < 4.78 is 4.47. The molecule has 0 spiro atoms. The van der Waals surface area contributed by atoms with E-state index in [4.69, 9.17) is 11.6 Å². The maximum atomic E-state index is 6.19. The van der Waals surface area contributed by atoms with Gasteiger partial charge in [0, 0.05) is 10.8 Å². The second-order valence-corrected chi connectivity index (χ2v) is 5.46. The van der Waals surface area contributed by atoms with E-state index in [1.807, 2.05) is 5.38 Å². The lowest BCUT2D eigenvalue weighted by atomic mass is 9.78. The third-order valence-corrected chi connectivity index (χ3v) is 4.03. The number of nitrogens with zero attached hydrogens (tertiary/aromatic N) is 1. The topological polar surface area (TPSA) is 12.9 Å². The van der Waals surface area contributed by atoms with Gasteiger partial charge in [-0.1, -0.05) is 51.6 Å². The zero-order valence-corrected chi connectivity index (χ0v) is 11.4. The maximum Gasteiger partial charge on any atom is 0.0787 e. The third-order valence-electron chi connectivity index (χ3n) is 2.98. The van der Waals surface area contributed by atoms with Crippen LogP contribution < -0.4 is 0 Å². The molecule has 1 unspecified atom stereocenters. The van der Waals surface area contributed by atoms with Gasteiger partial charge in [0.2, 0.25) is 0 Å². The minimum Gasteiger partial charge on any atom is -0.196 e. The molecule has 86 valence electrons. The molecule has 1 rings (SSSR count). The summed E-state index contributed by atoms with van der Waals surface area (Å²) in [6.07, 6.45) is 6.05. The second-order valence-electron chi connectivity index (χ2n) is 4.43. The lowest BCUT2D eigenvalue weighted by Crippen LogP contribution is -2.22. The fourth-order valence-corrected chi connectivity index (χ4v) is 3.22. The van der Waals surface area contributed by atoms with E-state index >= 15 is 0 Å². The van der Waals surface area contributed by atoms with Crippen LogP contribution in [0, 0.1) is 0 Å². The molecular weight excluding hydrogens is 226 g/mol. The predicted molar refractivity (Wildman–Crippen MR) is 68.9 cm³/mol. The van der Waals surface area contributed by atoms with Crippen LogP contribution in [0.1, 0.15) is 58.6 Å². The summed E-state index contributed by atoms with van der Waals surface area (Å²) in [5.74, 6) is 0. The first kappa shape index (κ1) is 13.0. The van der Waals surface area contributed by atoms with E-state index in [1.165, 1.54) is 43.6 Å². The van der Waals surface area contributed by atoms with Gasteiger partial charge in [-0.3, -0.25) is 0 Å². The van der Waals surface area contributed by atoms with Crippen LogP contribution in [0.25, 0.3) is 0 Å². The number of hydrogen-bond donors (Lipinski definition) is 0. The van der Waals surface area contributed by atoms with E-state index in [-0.39, 0.29) is 5.41 Å². The van der Waals surface area contributed by atoms with Crippen LogP contribution in [-0.4, -0.2) is 4.37 Å². The molecule has 0 saturated carbocycles. The lowest BCUT2D eigenvalue weighted by molar-refractivity contribution is 0.376. The highest BCUT2D eigenvalue weighted by molar-refractivity contribution is 7.04. The van der Waals surface area contributed by atoms with Gasteiger partial charge in [0.05, 0.1) is 10.7 Å². The first-order valence-electron chi connectivity index (χ1n) is 5.74. The normalized spacial score (nSPS) is 15.2. The molecule has 0 aromatic carbocycles. The Bertz CT molecular complexity index is 298. The highest BCUT2D eigenvalue weighted by atomic mass is 35.5. The fourth-order valence-electron chi connectivity index (χ4n) is 2.10. The largest absolute Gasteiger partial charge is 0.196 e. The Kier molecular flexibility index (Phi) is 5.07. The van der Waals surface area contributed by atoms with Crippen molar-refractivity contribution in [3.05, 3.63) is 16.1 Å². The molecule has 0 bridgehead atoms. The van der Waals surface area contributed by atoms with Crippen molar-refractivity contribution < 1.29 is 0 Å². The van der Waals surface area contributed by atoms with Crippen LogP contribution >= 0.6 is 23.1 Å². The van der Waals surface area contributed by atoms with E-state index < -0.39 is 0 Å². The molecule has 1 heterocycles. The molecule has 0 N–H and O–H groups in total. The molecule has 0 aliphatic carbocycles. The minimum atomic E-state index is 0.182. The Morgan fingerprint density at radius 1 is 1.33 bits per heavy atom. The monoisotopic (exact) mass is 245 g/mol. The van der Waals surface area contributed by atoms with Crippen molar-refractivity contribution >= 4 is 23.1 Å². The molecule has 1 atom stereocenters. The van der Waals surface area contributed by atoms with E-state index in [0.717, 1.165) is 10.7 Å². The van der Waals surface area contributed by atoms with Crippen LogP contribution in [0.4, 0.5) is 0 Å². The molecule has 0 aliphatic rings. The standard InChI is InChI=1S/C12H20ClNS/c1-4-6-8-12(3,7-5-2)11-10(13)9-15-14-11/h9H,4-8H2,1-3H3. The summed E-state index contributed by atoms with van der Waals surface area (Å²) in [6, 6.07) is 0. The van der Waals surface area contributed by atoms with E-state index in [1.54, 1.807) is 0 Å². The molecule has 0 radical (unpaired) electrons. The van der Waals surface area contributed by atoms with Crippen molar-refractivity contribution in [3.63, 3.8) is 0 Å². The summed E-state index contributed by atoms with van der Waals surface area (Å²) in [6.45, 7) is 6.76. The molecule has 0 saturated heterocycles. The Labute approximate surface area is 102 Å². The van der Waals surface area contributed by atoms with Crippen molar-refractivity contribution in [1.29, 1.82) is 0 Å². The van der Waals surface area contributed by atoms with Crippen LogP contribution in [0.5, 0.6) is 0 Å². The Morgan fingerprint density at radius 3 is 2.53 bits per heavy atom. The highest BCUT2D eigenvalue weighted by Crippen LogP contribution is 2.38. The van der Waals surface area contributed by atoms with Gasteiger partial charge < -0.3 is 0 Å². The quantitative estimate of drug-likeness (QED) is 0.684. The van der Waals surface area contributed by atoms with Gasteiger partial charge in [-0.15, -0.1) is 0 Å². The summed E-state index contributed by atoms with van der Waals surface area (Å²) in [5.41, 5.74) is 1.30. The highest BCUT2D eigenvalue weighted by Gasteiger charge is 2.29. The zero-order chi connectivity index (χ0) is 11.3. The third kappa shape index (κ3) is 3.18. The molecule has 1 aromatic heterocycles. The van der Waals surface area contributed by atoms with Gasteiger partial charge in [-0.05, 0) is 24.4 Å². The fraction of sp³-hybridized carbons (Fsp3) is 0.750. The van der Waals surface area contributed by atoms with Gasteiger partial charge in [-0.25, -0.2) is 0 Å². The number of aromatic nitrogens is 1. The number of halogens is 1. The SMILES string of the molecule is CCCCC(C)(CCC)c1nscc1Cl. The van der Waals surface area contributed by atoms with Crippen LogP contribution in [0.3, 0.4) is 0 Å². The minimum absolute atomic E-state index is 0.182. The van der Waals surface area contributed by atoms with Gasteiger partial charge in [0.1, 0.15) is 0 Å². The Balaban J connectivity index is 2.85. The molecule has 3 heteroatoms. The summed E-state index contributed by atoms with van der Waals surface area (Å²) in [7, 11) is 0. The number of hydrogen-bond acceptors (Lipinski definition) is 2. The molecular formula is C12H20ClNS. The Hall–Kier alpha value is -0.0800. The first-order valence-corrected chi connectivity index (χ1v) is 6.96. The van der Waals surface area contributed by atoms with Crippen molar-refractivity contribution in [2.75, 3.05) is 0 Å². The summed E-state index contributed by atoms with van der Waals surface area (Å²) >= 11 is 7.66. The van der Waals surface area contributed by atoms with Gasteiger partial charge in [0.25, 0.3) is 0 Å². The van der Waals surface area contributed by atoms with E-state index in [0.29, 0.717) is 0 Å². The van der Waals surface area contributed by atoms with E-state index in [2.05, 4.69) is 25.1 Å². The molecule has 0 fully saturated rings. The summed E-state index contributed by atoms with van der Waals surface area (Å²) in [5, 5.41) is 2.79. The second kappa shape index (κ2) is 5.86. The van der Waals surface area contributed by atoms with Crippen molar-refractivity contribution in [1.82, 2.24) is 4.37 Å². The molecule has 0 amide bonds. The van der Waals surface area contributed by atoms with Crippen LogP contribution in [0.2, 0.25) is 5.02 Å². The molecule has 15 heavy (non-hydrogen) atoms. The van der Waals surface area contributed by atoms with Gasteiger partial charge in [-0.2, -0.15) is 4.37 Å². The van der Waals surface area contributed by atoms with Crippen molar-refractivity contribution in [3.8, 4) is 0 Å². The van der Waals surface area contributed by atoms with Crippen LogP contribution in [0.15, 0.2) is 5.38 Å². The van der Waals surface area contributed by atoms with E-state index in [9.17, 15) is 0 Å². The van der Waals surface area contributed by atoms with Crippen molar-refractivity contribution in [2.24, 2.45) is 0 Å². The summed E-state index contributed by atoms with van der Waals surface area (Å²) in [4.78, 5) is 0. The molecule has 1 nitrogen and oxygen atoms in total. The maximum absolute atomic E-state index is 6.19. The van der Waals surface area contributed by atoms with Gasteiger partial charge >= 0.3 is 0 Å².